The SMILES string of the molecule is CC1SCCN(Cc2cccc(N)c2)C1C.Cl. The lowest BCUT2D eigenvalue weighted by atomic mass is 10.1. The largest absolute Gasteiger partial charge is 0.399 e. The van der Waals surface area contributed by atoms with Gasteiger partial charge in [-0.2, -0.15) is 11.8 Å². The highest BCUT2D eigenvalue weighted by Gasteiger charge is 2.24. The van der Waals surface area contributed by atoms with Gasteiger partial charge < -0.3 is 5.73 Å². The number of nitrogens with zero attached hydrogens (tertiary/aromatic N) is 1. The van der Waals surface area contributed by atoms with E-state index in [1.165, 1.54) is 17.9 Å². The molecule has 1 aliphatic heterocycles. The highest BCUT2D eigenvalue weighted by molar-refractivity contribution is 8.00. The van der Waals surface area contributed by atoms with Crippen molar-refractivity contribution < 1.29 is 0 Å². The Kier molecular flexibility index (Phi) is 5.63. The highest BCUT2D eigenvalue weighted by atomic mass is 35.5. The van der Waals surface area contributed by atoms with Gasteiger partial charge in [0.25, 0.3) is 0 Å². The highest BCUT2D eigenvalue weighted by Crippen LogP contribution is 2.25. The van der Waals surface area contributed by atoms with E-state index in [4.69, 9.17) is 5.73 Å². The number of hydrogen-bond acceptors (Lipinski definition) is 3. The molecule has 0 saturated carbocycles. The van der Waals surface area contributed by atoms with Gasteiger partial charge in [-0.1, -0.05) is 19.1 Å². The Morgan fingerprint density at radius 2 is 2.18 bits per heavy atom. The molecule has 2 rings (SSSR count). The Morgan fingerprint density at radius 1 is 1.41 bits per heavy atom. The van der Waals surface area contributed by atoms with Crippen LogP contribution in [0, 0.1) is 0 Å². The molecule has 2 N–H and O–H groups in total. The Hall–Kier alpha value is -0.380. The van der Waals surface area contributed by atoms with Gasteiger partial charge in [0, 0.05) is 35.8 Å². The number of thioether (sulfide) groups is 1. The number of nitrogen functional groups attached to an aromatic ring is 1. The summed E-state index contributed by atoms with van der Waals surface area (Å²) in [5.74, 6) is 1.24. The van der Waals surface area contributed by atoms with Crippen LogP contribution in [0.5, 0.6) is 0 Å². The van der Waals surface area contributed by atoms with Crippen molar-refractivity contribution in [3.05, 3.63) is 29.8 Å². The Balaban J connectivity index is 0.00000144. The molecule has 2 atom stereocenters. The van der Waals surface area contributed by atoms with E-state index >= 15 is 0 Å². The van der Waals surface area contributed by atoms with E-state index in [2.05, 4.69) is 42.6 Å². The smallest absolute Gasteiger partial charge is 0.0317 e. The zero-order valence-corrected chi connectivity index (χ0v) is 12.1. The van der Waals surface area contributed by atoms with E-state index in [9.17, 15) is 0 Å². The van der Waals surface area contributed by atoms with Gasteiger partial charge in [-0.15, -0.1) is 12.4 Å². The summed E-state index contributed by atoms with van der Waals surface area (Å²) in [5, 5.41) is 0.731. The molecule has 0 bridgehead atoms. The average Bonchev–Trinajstić information content (AvgIpc) is 2.25. The molecule has 1 aliphatic rings. The van der Waals surface area contributed by atoms with Crippen molar-refractivity contribution in [2.45, 2.75) is 31.7 Å². The maximum atomic E-state index is 5.80. The van der Waals surface area contributed by atoms with Crippen LogP contribution in [-0.2, 0) is 6.54 Å². The summed E-state index contributed by atoms with van der Waals surface area (Å²) in [6, 6.07) is 8.88. The minimum absolute atomic E-state index is 0. The molecule has 1 fully saturated rings. The van der Waals surface area contributed by atoms with Gasteiger partial charge in [-0.25, -0.2) is 0 Å². The predicted octanol–water partition coefficient (Wildman–Crippen LogP) is 3.02. The van der Waals surface area contributed by atoms with E-state index in [1.54, 1.807) is 0 Å². The second-order valence-electron chi connectivity index (χ2n) is 4.53. The van der Waals surface area contributed by atoms with E-state index in [0.29, 0.717) is 6.04 Å². The second kappa shape index (κ2) is 6.53. The van der Waals surface area contributed by atoms with Crippen molar-refractivity contribution in [3.63, 3.8) is 0 Å². The van der Waals surface area contributed by atoms with Gasteiger partial charge >= 0.3 is 0 Å². The minimum atomic E-state index is 0. The first kappa shape index (κ1) is 14.7. The molecule has 1 aromatic carbocycles. The molecule has 2 unspecified atom stereocenters. The first-order chi connectivity index (χ1) is 7.66. The molecule has 1 heterocycles. The number of hydrogen-bond donors (Lipinski definition) is 1. The molecule has 4 heteroatoms. The van der Waals surface area contributed by atoms with Crippen LogP contribution in [0.25, 0.3) is 0 Å². The third-order valence-corrected chi connectivity index (χ3v) is 4.69. The molecular weight excluding hydrogens is 252 g/mol. The summed E-state index contributed by atoms with van der Waals surface area (Å²) in [7, 11) is 0. The van der Waals surface area contributed by atoms with Crippen molar-refractivity contribution in [3.8, 4) is 0 Å². The molecule has 0 radical (unpaired) electrons. The van der Waals surface area contributed by atoms with Crippen LogP contribution in [0.15, 0.2) is 24.3 Å². The van der Waals surface area contributed by atoms with Crippen molar-refractivity contribution in [1.29, 1.82) is 0 Å². The molecule has 0 aliphatic carbocycles. The van der Waals surface area contributed by atoms with E-state index in [0.717, 1.165) is 17.5 Å². The second-order valence-corrected chi connectivity index (χ2v) is 6.02. The standard InChI is InChI=1S/C13H20N2S.ClH/c1-10-11(2)16-7-6-15(10)9-12-4-3-5-13(14)8-12;/h3-5,8,10-11H,6-7,9,14H2,1-2H3;1H. The van der Waals surface area contributed by atoms with Gasteiger partial charge in [-0.05, 0) is 24.6 Å². The zero-order valence-electron chi connectivity index (χ0n) is 10.4. The van der Waals surface area contributed by atoms with Crippen LogP contribution in [0.3, 0.4) is 0 Å². The van der Waals surface area contributed by atoms with Gasteiger partial charge in [0.15, 0.2) is 0 Å². The third kappa shape index (κ3) is 3.80. The summed E-state index contributed by atoms with van der Waals surface area (Å²) in [4.78, 5) is 2.55. The summed E-state index contributed by atoms with van der Waals surface area (Å²) < 4.78 is 0. The number of halogens is 1. The van der Waals surface area contributed by atoms with Crippen LogP contribution in [0.1, 0.15) is 19.4 Å². The quantitative estimate of drug-likeness (QED) is 0.840. The van der Waals surface area contributed by atoms with E-state index < -0.39 is 0 Å². The third-order valence-electron chi connectivity index (χ3n) is 3.35. The lowest BCUT2D eigenvalue weighted by molar-refractivity contribution is 0.204. The Labute approximate surface area is 114 Å². The summed E-state index contributed by atoms with van der Waals surface area (Å²) in [6.07, 6.45) is 0. The average molecular weight is 273 g/mol. The van der Waals surface area contributed by atoms with Gasteiger partial charge in [0.2, 0.25) is 0 Å². The van der Waals surface area contributed by atoms with Crippen LogP contribution in [0.4, 0.5) is 5.69 Å². The maximum absolute atomic E-state index is 5.80. The van der Waals surface area contributed by atoms with Crippen molar-refractivity contribution in [2.75, 3.05) is 18.0 Å². The Morgan fingerprint density at radius 3 is 2.88 bits per heavy atom. The van der Waals surface area contributed by atoms with Crippen molar-refractivity contribution >= 4 is 29.9 Å². The fourth-order valence-electron chi connectivity index (χ4n) is 2.14. The monoisotopic (exact) mass is 272 g/mol. The predicted molar refractivity (Wildman–Crippen MR) is 79.9 cm³/mol. The fourth-order valence-corrected chi connectivity index (χ4v) is 3.31. The summed E-state index contributed by atoms with van der Waals surface area (Å²) >= 11 is 2.08. The van der Waals surface area contributed by atoms with Gasteiger partial charge in [0.1, 0.15) is 0 Å². The zero-order chi connectivity index (χ0) is 11.5. The molecular formula is C13H21ClN2S. The van der Waals surface area contributed by atoms with E-state index in [1.807, 2.05) is 12.1 Å². The molecule has 0 spiro atoms. The molecule has 17 heavy (non-hydrogen) atoms. The van der Waals surface area contributed by atoms with Crippen LogP contribution in [-0.4, -0.2) is 28.5 Å². The topological polar surface area (TPSA) is 29.3 Å². The number of benzene rings is 1. The molecule has 1 saturated heterocycles. The van der Waals surface area contributed by atoms with Crippen molar-refractivity contribution in [1.82, 2.24) is 4.90 Å². The van der Waals surface area contributed by atoms with E-state index in [-0.39, 0.29) is 12.4 Å². The van der Waals surface area contributed by atoms with Gasteiger partial charge in [0.05, 0.1) is 0 Å². The normalized spacial score (nSPS) is 25.3. The van der Waals surface area contributed by atoms with Crippen LogP contribution in [0.2, 0.25) is 0 Å². The molecule has 96 valence electrons. The maximum Gasteiger partial charge on any atom is 0.0317 e. The molecule has 0 amide bonds. The number of rotatable bonds is 2. The van der Waals surface area contributed by atoms with Crippen LogP contribution >= 0.6 is 24.2 Å². The molecule has 2 nitrogen and oxygen atoms in total. The first-order valence-electron chi connectivity index (χ1n) is 5.87. The minimum Gasteiger partial charge on any atom is -0.399 e. The lowest BCUT2D eigenvalue weighted by Gasteiger charge is -2.37. The molecule has 1 aromatic rings. The molecule has 0 aromatic heterocycles. The fraction of sp³-hybridized carbons (Fsp3) is 0.538. The summed E-state index contributed by atoms with van der Waals surface area (Å²) in [6.45, 7) is 6.85. The van der Waals surface area contributed by atoms with Crippen molar-refractivity contribution in [2.24, 2.45) is 0 Å². The number of nitrogens with two attached hydrogens (primary N) is 1. The Bertz CT molecular complexity index is 359. The first-order valence-corrected chi connectivity index (χ1v) is 6.92. The van der Waals surface area contributed by atoms with Gasteiger partial charge in [-0.3, -0.25) is 4.90 Å². The van der Waals surface area contributed by atoms with Crippen LogP contribution < -0.4 is 5.73 Å². The lowest BCUT2D eigenvalue weighted by Crippen LogP contribution is -2.43. The number of anilines is 1. The summed E-state index contributed by atoms with van der Waals surface area (Å²) in [5.41, 5.74) is 7.99.